The number of rotatable bonds is 2. The average Bonchev–Trinajstić information content (AvgIpc) is 2.48. The highest BCUT2D eigenvalue weighted by Crippen LogP contribution is 2.37. The molecular weight excluding hydrogens is 384 g/mol. The molecule has 0 radical (unpaired) electrons. The number of benzene rings is 1. The van der Waals surface area contributed by atoms with E-state index in [-0.39, 0.29) is 15.7 Å². The first-order valence-corrected chi connectivity index (χ1v) is 9.79. The molecular formula is C21H29F2NO3S. The summed E-state index contributed by atoms with van der Waals surface area (Å²) in [6, 6.07) is 1.67. The number of carbonyl (C=O) groups is 3. The van der Waals surface area contributed by atoms with Gasteiger partial charge in [0.25, 0.3) is 0 Å². The third kappa shape index (κ3) is 5.63. The molecule has 0 saturated carbocycles. The summed E-state index contributed by atoms with van der Waals surface area (Å²) in [6.45, 7) is 14.7. The number of carbonyl (C=O) groups excluding carboxylic acids is 3. The summed E-state index contributed by atoms with van der Waals surface area (Å²) in [4.78, 5) is 38.8. The van der Waals surface area contributed by atoms with E-state index in [0.717, 1.165) is 11.0 Å². The molecule has 0 saturated heterocycles. The van der Waals surface area contributed by atoms with Crippen molar-refractivity contribution in [2.75, 3.05) is 4.90 Å². The van der Waals surface area contributed by atoms with Crippen molar-refractivity contribution < 1.29 is 23.2 Å². The lowest BCUT2D eigenvalue weighted by Crippen LogP contribution is -2.48. The summed E-state index contributed by atoms with van der Waals surface area (Å²) in [7, 11) is 0. The minimum absolute atomic E-state index is 0.134. The first-order chi connectivity index (χ1) is 12.4. The molecule has 156 valence electrons. The van der Waals surface area contributed by atoms with Gasteiger partial charge >= 0.3 is 0 Å². The van der Waals surface area contributed by atoms with Crippen LogP contribution in [0.4, 0.5) is 14.5 Å². The first kappa shape index (κ1) is 24.3. The van der Waals surface area contributed by atoms with E-state index in [9.17, 15) is 23.2 Å². The normalized spacial score (nSPS) is 12.7. The van der Waals surface area contributed by atoms with Gasteiger partial charge in [0.1, 0.15) is 11.6 Å². The highest BCUT2D eigenvalue weighted by Gasteiger charge is 2.39. The second-order valence-corrected chi connectivity index (χ2v) is 10.8. The van der Waals surface area contributed by atoms with E-state index in [1.165, 1.54) is 0 Å². The van der Waals surface area contributed by atoms with Crippen LogP contribution in [-0.4, -0.2) is 16.9 Å². The van der Waals surface area contributed by atoms with Gasteiger partial charge in [0.15, 0.2) is 5.12 Å². The predicted octanol–water partition coefficient (Wildman–Crippen LogP) is 5.58. The monoisotopic (exact) mass is 413 g/mol. The Morgan fingerprint density at radius 1 is 0.750 bits per heavy atom. The average molecular weight is 414 g/mol. The molecule has 7 heteroatoms. The van der Waals surface area contributed by atoms with Crippen molar-refractivity contribution in [3.05, 3.63) is 23.8 Å². The standard InChI is InChI=1S/C21H29F2NO3S/c1-19(2,3)16(25)24(17(26)20(4,5)6)14-11-15(13(23)10-12(14)22)28-18(27)21(7,8)9/h10-11H,1-9H3. The van der Waals surface area contributed by atoms with Crippen LogP contribution in [0, 0.1) is 27.9 Å². The molecule has 1 rings (SSSR count). The van der Waals surface area contributed by atoms with Crippen LogP contribution in [0.25, 0.3) is 0 Å². The van der Waals surface area contributed by atoms with E-state index in [1.807, 2.05) is 0 Å². The summed E-state index contributed by atoms with van der Waals surface area (Å²) >= 11 is 0.626. The summed E-state index contributed by atoms with van der Waals surface area (Å²) in [5, 5.41) is -0.320. The molecule has 0 heterocycles. The Morgan fingerprint density at radius 2 is 1.18 bits per heavy atom. The van der Waals surface area contributed by atoms with Crippen LogP contribution in [-0.2, 0) is 14.4 Å². The van der Waals surface area contributed by atoms with Gasteiger partial charge in [-0.1, -0.05) is 62.3 Å². The van der Waals surface area contributed by atoms with Gasteiger partial charge in [0.05, 0.1) is 10.6 Å². The molecule has 2 amide bonds. The summed E-state index contributed by atoms with van der Waals surface area (Å²) in [6.07, 6.45) is 0. The minimum Gasteiger partial charge on any atom is -0.286 e. The van der Waals surface area contributed by atoms with Crippen molar-refractivity contribution in [3.8, 4) is 0 Å². The Bertz CT molecular complexity index is 774. The van der Waals surface area contributed by atoms with E-state index in [2.05, 4.69) is 0 Å². The Balaban J connectivity index is 3.61. The largest absolute Gasteiger partial charge is 0.286 e. The lowest BCUT2D eigenvalue weighted by molar-refractivity contribution is -0.134. The fourth-order valence-electron chi connectivity index (χ4n) is 2.00. The molecule has 0 unspecified atom stereocenters. The summed E-state index contributed by atoms with van der Waals surface area (Å²) < 4.78 is 29.0. The maximum atomic E-state index is 14.7. The second-order valence-electron chi connectivity index (χ2n) is 9.82. The lowest BCUT2D eigenvalue weighted by atomic mass is 9.90. The Morgan fingerprint density at radius 3 is 1.54 bits per heavy atom. The molecule has 0 aromatic heterocycles. The van der Waals surface area contributed by atoms with Gasteiger partial charge in [-0.3, -0.25) is 14.4 Å². The molecule has 0 aliphatic heterocycles. The van der Waals surface area contributed by atoms with Crippen LogP contribution in [0.2, 0.25) is 0 Å². The van der Waals surface area contributed by atoms with Gasteiger partial charge in [0, 0.05) is 22.3 Å². The van der Waals surface area contributed by atoms with Gasteiger partial charge in [-0.25, -0.2) is 13.7 Å². The van der Waals surface area contributed by atoms with Crippen LogP contribution in [0.15, 0.2) is 17.0 Å². The fraction of sp³-hybridized carbons (Fsp3) is 0.571. The van der Waals surface area contributed by atoms with E-state index in [0.29, 0.717) is 17.8 Å². The Hall–Kier alpha value is -1.76. The Labute approximate surface area is 170 Å². The molecule has 0 fully saturated rings. The molecule has 1 aromatic rings. The highest BCUT2D eigenvalue weighted by atomic mass is 32.2. The smallest absolute Gasteiger partial charge is 0.239 e. The molecule has 0 N–H and O–H groups in total. The number of imide groups is 1. The minimum atomic E-state index is -1.04. The number of anilines is 1. The number of halogens is 2. The third-order valence-electron chi connectivity index (χ3n) is 3.75. The quantitative estimate of drug-likeness (QED) is 0.594. The zero-order valence-corrected chi connectivity index (χ0v) is 18.8. The lowest BCUT2D eigenvalue weighted by Gasteiger charge is -2.33. The number of thioether (sulfide) groups is 1. The molecule has 0 spiro atoms. The van der Waals surface area contributed by atoms with Crippen LogP contribution in [0.1, 0.15) is 62.3 Å². The number of hydrogen-bond donors (Lipinski definition) is 0. The van der Waals surface area contributed by atoms with E-state index >= 15 is 0 Å². The third-order valence-corrected chi connectivity index (χ3v) is 5.08. The number of nitrogens with zero attached hydrogens (tertiary/aromatic N) is 1. The highest BCUT2D eigenvalue weighted by molar-refractivity contribution is 8.13. The molecule has 0 bridgehead atoms. The van der Waals surface area contributed by atoms with Crippen molar-refractivity contribution in [1.29, 1.82) is 0 Å². The molecule has 1 aromatic carbocycles. The van der Waals surface area contributed by atoms with Crippen molar-refractivity contribution in [3.63, 3.8) is 0 Å². The topological polar surface area (TPSA) is 54.5 Å². The molecule has 0 aliphatic carbocycles. The van der Waals surface area contributed by atoms with Crippen LogP contribution in [0.5, 0.6) is 0 Å². The van der Waals surface area contributed by atoms with Gasteiger partial charge < -0.3 is 0 Å². The maximum absolute atomic E-state index is 14.7. The van der Waals surface area contributed by atoms with Crippen LogP contribution >= 0.6 is 11.8 Å². The molecule has 28 heavy (non-hydrogen) atoms. The molecule has 4 nitrogen and oxygen atoms in total. The van der Waals surface area contributed by atoms with Gasteiger partial charge in [0.2, 0.25) is 11.8 Å². The summed E-state index contributed by atoms with van der Waals surface area (Å²) in [5.74, 6) is -3.19. The van der Waals surface area contributed by atoms with E-state index < -0.39 is 39.7 Å². The molecule has 0 atom stereocenters. The SMILES string of the molecule is CC(C)(C)C(=O)Sc1cc(N(C(=O)C(C)(C)C)C(=O)C(C)(C)C)c(F)cc1F. The zero-order chi connectivity index (χ0) is 22.2. The van der Waals surface area contributed by atoms with Crippen LogP contribution < -0.4 is 4.90 Å². The van der Waals surface area contributed by atoms with Gasteiger partial charge in [-0.2, -0.15) is 0 Å². The fourth-order valence-corrected chi connectivity index (χ4v) is 2.84. The molecule has 0 aliphatic rings. The van der Waals surface area contributed by atoms with Crippen molar-refractivity contribution >= 4 is 34.4 Å². The van der Waals surface area contributed by atoms with E-state index in [4.69, 9.17) is 0 Å². The van der Waals surface area contributed by atoms with Crippen molar-refractivity contribution in [2.24, 2.45) is 16.2 Å². The zero-order valence-electron chi connectivity index (χ0n) is 18.0. The Kier molecular flexibility index (Phi) is 6.88. The van der Waals surface area contributed by atoms with Crippen LogP contribution in [0.3, 0.4) is 0 Å². The predicted molar refractivity (Wildman–Crippen MR) is 108 cm³/mol. The number of amides is 2. The van der Waals surface area contributed by atoms with E-state index in [1.54, 1.807) is 62.3 Å². The maximum Gasteiger partial charge on any atom is 0.239 e. The summed E-state index contributed by atoms with van der Waals surface area (Å²) in [5.41, 5.74) is -3.05. The second kappa shape index (κ2) is 7.93. The van der Waals surface area contributed by atoms with Gasteiger partial charge in [-0.05, 0) is 17.8 Å². The first-order valence-electron chi connectivity index (χ1n) is 8.97. The number of hydrogen-bond acceptors (Lipinski definition) is 4. The van der Waals surface area contributed by atoms with Crippen molar-refractivity contribution in [2.45, 2.75) is 67.2 Å². The van der Waals surface area contributed by atoms with Gasteiger partial charge in [-0.15, -0.1) is 0 Å². The van der Waals surface area contributed by atoms with Crippen molar-refractivity contribution in [1.82, 2.24) is 0 Å².